The Labute approximate surface area is 276 Å². The first-order valence-corrected chi connectivity index (χ1v) is 16.9. The number of nitrogens with one attached hydrogen (secondary N) is 1. The Morgan fingerprint density at radius 2 is 1.85 bits per heavy atom. The van der Waals surface area contributed by atoms with Crippen LogP contribution in [-0.4, -0.2) is 65.1 Å². The molecule has 11 heteroatoms. The highest BCUT2D eigenvalue weighted by Gasteiger charge is 2.51. The van der Waals surface area contributed by atoms with Gasteiger partial charge in [0.05, 0.1) is 25.2 Å². The third-order valence-electron chi connectivity index (χ3n) is 10.5. The molecule has 1 aromatic heterocycles. The number of nitrogens with zero attached hydrogens (tertiary/aromatic N) is 2. The first-order chi connectivity index (χ1) is 22.1. The number of alkyl halides is 2. The van der Waals surface area contributed by atoms with E-state index in [0.29, 0.717) is 42.3 Å². The summed E-state index contributed by atoms with van der Waals surface area (Å²) in [5.41, 5.74) is -1.58. The van der Waals surface area contributed by atoms with Crippen molar-refractivity contribution < 1.29 is 37.4 Å². The topological polar surface area (TPSA) is 107 Å². The first-order valence-electron chi connectivity index (χ1n) is 16.9. The van der Waals surface area contributed by atoms with Gasteiger partial charge in [-0.25, -0.2) is 9.78 Å². The molecule has 2 bridgehead atoms. The van der Waals surface area contributed by atoms with Crippen LogP contribution < -0.4 is 14.8 Å². The number of halogens is 2. The predicted molar refractivity (Wildman–Crippen MR) is 174 cm³/mol. The van der Waals surface area contributed by atoms with Gasteiger partial charge in [0.25, 0.3) is 5.92 Å². The fourth-order valence-corrected chi connectivity index (χ4v) is 7.84. The molecule has 3 aliphatic rings. The highest BCUT2D eigenvalue weighted by atomic mass is 19.3. The van der Waals surface area contributed by atoms with Gasteiger partial charge < -0.3 is 24.4 Å². The second-order valence-electron chi connectivity index (χ2n) is 14.9. The highest BCUT2D eigenvalue weighted by Crippen LogP contribution is 2.45. The molecule has 2 fully saturated rings. The van der Waals surface area contributed by atoms with E-state index < -0.39 is 65.2 Å². The van der Waals surface area contributed by atoms with Crippen LogP contribution in [-0.2, 0) is 20.2 Å². The Hall–Kier alpha value is -3.50. The summed E-state index contributed by atoms with van der Waals surface area (Å²) in [4.78, 5) is 46.9. The number of hydrogen-bond acceptors (Lipinski definition) is 7. The normalized spacial score (nSPS) is 30.3. The van der Waals surface area contributed by atoms with E-state index in [1.807, 2.05) is 34.6 Å². The smallest absolute Gasteiger partial charge is 0.408 e. The molecule has 2 aromatic rings. The van der Waals surface area contributed by atoms with E-state index in [-0.39, 0.29) is 30.4 Å². The summed E-state index contributed by atoms with van der Waals surface area (Å²) in [5, 5.41) is 3.42. The summed E-state index contributed by atoms with van der Waals surface area (Å²) in [6.45, 7) is 10.7. The Morgan fingerprint density at radius 3 is 2.51 bits per heavy atom. The quantitative estimate of drug-likeness (QED) is 0.373. The number of ketones is 1. The van der Waals surface area contributed by atoms with Crippen molar-refractivity contribution in [2.24, 2.45) is 17.3 Å². The van der Waals surface area contributed by atoms with Gasteiger partial charge in [-0.3, -0.25) is 9.59 Å². The largest absolute Gasteiger partial charge is 0.497 e. The molecule has 47 heavy (non-hydrogen) atoms. The van der Waals surface area contributed by atoms with Crippen LogP contribution in [0.1, 0.15) is 98.6 Å². The molecular weight excluding hydrogens is 608 g/mol. The summed E-state index contributed by atoms with van der Waals surface area (Å²) in [5.74, 6) is -4.00. The third kappa shape index (κ3) is 7.04. The molecule has 1 aliphatic carbocycles. The van der Waals surface area contributed by atoms with Crippen LogP contribution in [0.15, 0.2) is 24.3 Å². The van der Waals surface area contributed by atoms with Crippen LogP contribution in [0.3, 0.4) is 0 Å². The zero-order valence-corrected chi connectivity index (χ0v) is 28.7. The number of Topliss-reactive ketones (excluding diaryl/α,β-unsaturated/α-hetero) is 1. The molecule has 1 N–H and O–H groups in total. The van der Waals surface area contributed by atoms with Gasteiger partial charge in [-0.15, -0.1) is 0 Å². The lowest BCUT2D eigenvalue weighted by molar-refractivity contribution is -0.141. The zero-order chi connectivity index (χ0) is 34.3. The van der Waals surface area contributed by atoms with Gasteiger partial charge in [-0.2, -0.15) is 8.78 Å². The van der Waals surface area contributed by atoms with Crippen molar-refractivity contribution in [1.29, 1.82) is 0 Å². The molecule has 258 valence electrons. The summed E-state index contributed by atoms with van der Waals surface area (Å²) < 4.78 is 50.3. The Balaban J connectivity index is 1.62. The number of ether oxygens (including phenoxy) is 3. The number of hydrogen-bond donors (Lipinski definition) is 1. The van der Waals surface area contributed by atoms with E-state index in [9.17, 15) is 14.4 Å². The van der Waals surface area contributed by atoms with Crippen molar-refractivity contribution in [2.45, 2.75) is 123 Å². The van der Waals surface area contributed by atoms with Crippen molar-refractivity contribution in [3.05, 3.63) is 30.0 Å². The number of methoxy groups -OCH3 is 1. The van der Waals surface area contributed by atoms with Crippen LogP contribution in [0.2, 0.25) is 0 Å². The highest BCUT2D eigenvalue weighted by molar-refractivity contribution is 5.92. The number of pyridine rings is 1. The van der Waals surface area contributed by atoms with Crippen LogP contribution in [0, 0.1) is 17.3 Å². The Kier molecular flexibility index (Phi) is 9.77. The summed E-state index contributed by atoms with van der Waals surface area (Å²) >= 11 is 0. The lowest BCUT2D eigenvalue weighted by atomic mass is 9.85. The average Bonchev–Trinajstić information content (AvgIpc) is 3.55. The van der Waals surface area contributed by atoms with E-state index in [0.717, 1.165) is 12.8 Å². The standard InChI is InChI=1S/C36H49F2N3O6/c1-8-25-28-20-41(29(25)21(2)42)32(43)31(34(3,4)5)40-33(44)47-35(6)16-11-13-23(35)12-9-10-17-36(37,38)30-27(46-28)19-22-18-24(45-7)14-15-26(22)39-30/h14-15,18-19,23,25,28-29,31H,8-13,16-17,20H2,1-7H3,(H,40,44)/t23-,25-,28+,29-,31-,35-/m1/s1. The van der Waals surface area contributed by atoms with Crippen molar-refractivity contribution in [3.8, 4) is 11.5 Å². The Morgan fingerprint density at radius 1 is 1.13 bits per heavy atom. The summed E-state index contributed by atoms with van der Waals surface area (Å²) in [7, 11) is 1.53. The number of carbonyl (C=O) groups excluding carboxylic acids is 3. The van der Waals surface area contributed by atoms with Crippen molar-refractivity contribution >= 4 is 28.7 Å². The number of alkyl carbamates (subject to hydrolysis) is 1. The Bertz CT molecular complexity index is 1510. The fourth-order valence-electron chi connectivity index (χ4n) is 7.84. The molecule has 2 amide bonds. The molecule has 0 spiro atoms. The van der Waals surface area contributed by atoms with E-state index in [1.54, 1.807) is 24.3 Å². The third-order valence-corrected chi connectivity index (χ3v) is 10.5. The molecule has 3 heterocycles. The molecule has 9 nitrogen and oxygen atoms in total. The molecule has 1 aromatic carbocycles. The van der Waals surface area contributed by atoms with Gasteiger partial charge in [0.15, 0.2) is 11.5 Å². The van der Waals surface area contributed by atoms with Gasteiger partial charge >= 0.3 is 6.09 Å². The van der Waals surface area contributed by atoms with Crippen LogP contribution in [0.5, 0.6) is 11.5 Å². The minimum absolute atomic E-state index is 0.00367. The van der Waals surface area contributed by atoms with Crippen molar-refractivity contribution in [3.63, 3.8) is 0 Å². The van der Waals surface area contributed by atoms with Crippen LogP contribution >= 0.6 is 0 Å². The number of aromatic nitrogens is 1. The van der Waals surface area contributed by atoms with E-state index in [1.165, 1.54) is 18.9 Å². The minimum Gasteiger partial charge on any atom is -0.497 e. The van der Waals surface area contributed by atoms with Gasteiger partial charge in [0, 0.05) is 17.7 Å². The van der Waals surface area contributed by atoms with Crippen LogP contribution in [0.25, 0.3) is 10.9 Å². The van der Waals surface area contributed by atoms with Gasteiger partial charge in [-0.05, 0) is 88.0 Å². The number of rotatable bonds is 3. The van der Waals surface area contributed by atoms with E-state index >= 15 is 8.78 Å². The maximum Gasteiger partial charge on any atom is 0.408 e. The molecule has 1 saturated heterocycles. The monoisotopic (exact) mass is 657 g/mol. The molecule has 1 saturated carbocycles. The van der Waals surface area contributed by atoms with Crippen LogP contribution in [0.4, 0.5) is 13.6 Å². The maximum absolute atomic E-state index is 16.2. The number of benzene rings is 1. The number of amides is 2. The second kappa shape index (κ2) is 13.2. The second-order valence-corrected chi connectivity index (χ2v) is 14.9. The SMILES string of the molecule is CC[C@@H]1[C@@H]2CN(C(=O)[C@H](C(C)(C)C)NC(=O)O[C@]3(C)CCC[C@H]3CCCCC(F)(F)c3nc4ccc(OC)cc4cc3O2)[C@@H]1C(C)=O. The van der Waals surface area contributed by atoms with Gasteiger partial charge in [0.2, 0.25) is 5.91 Å². The van der Waals surface area contributed by atoms with Gasteiger partial charge in [-0.1, -0.05) is 34.1 Å². The molecule has 6 atom stereocenters. The van der Waals surface area contributed by atoms with Crippen molar-refractivity contribution in [1.82, 2.24) is 15.2 Å². The summed E-state index contributed by atoms with van der Waals surface area (Å²) in [6, 6.07) is 4.73. The lowest BCUT2D eigenvalue weighted by Gasteiger charge is -2.37. The average molecular weight is 658 g/mol. The number of carbonyl (C=O) groups is 3. The molecule has 2 aliphatic heterocycles. The van der Waals surface area contributed by atoms with E-state index in [4.69, 9.17) is 14.2 Å². The zero-order valence-electron chi connectivity index (χ0n) is 28.7. The van der Waals surface area contributed by atoms with Crippen molar-refractivity contribution in [2.75, 3.05) is 13.7 Å². The first kappa shape index (κ1) is 34.8. The minimum atomic E-state index is -3.31. The predicted octanol–water partition coefficient (Wildman–Crippen LogP) is 7.18. The molecular formula is C36H49F2N3O6. The summed E-state index contributed by atoms with van der Waals surface area (Å²) in [6.07, 6.45) is 2.28. The lowest BCUT2D eigenvalue weighted by Crippen LogP contribution is -2.58. The maximum atomic E-state index is 16.2. The number of fused-ring (bicyclic) bond motifs is 5. The molecule has 5 rings (SSSR count). The molecule has 0 unspecified atom stereocenters. The fraction of sp³-hybridized carbons (Fsp3) is 0.667. The molecule has 0 radical (unpaired) electrons. The van der Waals surface area contributed by atoms with E-state index in [2.05, 4.69) is 10.3 Å². The van der Waals surface area contributed by atoms with Gasteiger partial charge in [0.1, 0.15) is 29.2 Å².